The molecule has 6 heteroatoms. The van der Waals surface area contributed by atoms with E-state index in [1.165, 1.54) is 51.4 Å². The molecule has 1 aromatic rings. The number of ether oxygens (including phenoxy) is 3. The molecule has 0 atom stereocenters. The maximum atomic E-state index is 11.9. The fraction of sp³-hybridized carbons (Fsp3) is 0.680. The minimum atomic E-state index is -0.329. The zero-order valence-electron chi connectivity index (χ0n) is 19.3. The van der Waals surface area contributed by atoms with E-state index in [0.29, 0.717) is 18.8 Å². The Morgan fingerprint density at radius 1 is 0.806 bits per heavy atom. The Balaban J connectivity index is 1.99. The number of carbonyl (C=O) groups is 2. The Morgan fingerprint density at radius 2 is 1.39 bits per heavy atom. The number of esters is 2. The number of hydrogen-bond acceptors (Lipinski definition) is 5. The van der Waals surface area contributed by atoms with Crippen LogP contribution in [0.4, 0.5) is 0 Å². The second-order valence-corrected chi connectivity index (χ2v) is 8.79. The van der Waals surface area contributed by atoms with Crippen molar-refractivity contribution in [2.75, 3.05) is 13.7 Å². The molecule has 31 heavy (non-hydrogen) atoms. The Hall–Kier alpha value is -1.56. The summed E-state index contributed by atoms with van der Waals surface area (Å²) in [7, 11) is 1.58. The molecule has 0 amide bonds. The second-order valence-electron chi connectivity index (χ2n) is 7.87. The summed E-state index contributed by atoms with van der Waals surface area (Å²) in [5, 5.41) is 0. The molecule has 0 radical (unpaired) electrons. The lowest BCUT2D eigenvalue weighted by Gasteiger charge is -2.10. The summed E-state index contributed by atoms with van der Waals surface area (Å²) in [5.74, 6) is 0.105. The molecule has 0 saturated carbocycles. The highest BCUT2D eigenvalue weighted by molar-refractivity contribution is 9.10. The minimum Gasteiger partial charge on any atom is -0.496 e. The maximum Gasteiger partial charge on any atom is 0.306 e. The first-order valence-corrected chi connectivity index (χ1v) is 12.5. The van der Waals surface area contributed by atoms with Gasteiger partial charge in [0.2, 0.25) is 0 Å². The van der Waals surface area contributed by atoms with Crippen LogP contribution in [-0.4, -0.2) is 25.7 Å². The van der Waals surface area contributed by atoms with Crippen molar-refractivity contribution in [3.05, 3.63) is 28.2 Å². The van der Waals surface area contributed by atoms with Crippen LogP contribution in [0.3, 0.4) is 0 Å². The fourth-order valence-electron chi connectivity index (χ4n) is 3.32. The third-order valence-electron chi connectivity index (χ3n) is 5.15. The maximum absolute atomic E-state index is 11.9. The van der Waals surface area contributed by atoms with Crippen molar-refractivity contribution in [3.63, 3.8) is 0 Å². The van der Waals surface area contributed by atoms with Gasteiger partial charge in [0.05, 0.1) is 13.7 Å². The van der Waals surface area contributed by atoms with Crippen molar-refractivity contribution in [2.45, 2.75) is 97.0 Å². The first-order valence-electron chi connectivity index (χ1n) is 11.7. The minimum absolute atomic E-state index is 0.143. The zero-order chi connectivity index (χ0) is 22.7. The molecule has 5 nitrogen and oxygen atoms in total. The van der Waals surface area contributed by atoms with Crippen LogP contribution in [0.1, 0.15) is 96.0 Å². The molecule has 0 aliphatic carbocycles. The Bertz CT molecular complexity index is 632. The van der Waals surface area contributed by atoms with Crippen LogP contribution >= 0.6 is 15.9 Å². The van der Waals surface area contributed by atoms with E-state index in [4.69, 9.17) is 14.2 Å². The quantitative estimate of drug-likeness (QED) is 0.159. The molecular weight excluding hydrogens is 460 g/mol. The summed E-state index contributed by atoms with van der Waals surface area (Å²) >= 11 is 3.39. The monoisotopic (exact) mass is 498 g/mol. The molecule has 0 aromatic heterocycles. The normalized spacial score (nSPS) is 10.7. The lowest BCUT2D eigenvalue weighted by atomic mass is 10.1. The fourth-order valence-corrected chi connectivity index (χ4v) is 3.72. The van der Waals surface area contributed by atoms with E-state index < -0.39 is 0 Å². The van der Waals surface area contributed by atoms with Crippen LogP contribution in [0.25, 0.3) is 0 Å². The van der Waals surface area contributed by atoms with Crippen molar-refractivity contribution in [1.82, 2.24) is 0 Å². The molecular formula is C25H39BrO5. The number of unbranched alkanes of at least 4 members (excludes halogenated alkanes) is 9. The molecule has 1 rings (SSSR count). The summed E-state index contributed by atoms with van der Waals surface area (Å²) < 4.78 is 16.7. The number of carbonyl (C=O) groups excluding carboxylic acids is 2. The number of benzene rings is 1. The third kappa shape index (κ3) is 14.2. The molecule has 0 spiro atoms. The molecule has 0 fully saturated rings. The first-order chi connectivity index (χ1) is 15.1. The molecule has 176 valence electrons. The van der Waals surface area contributed by atoms with Gasteiger partial charge in [0, 0.05) is 22.9 Å². The van der Waals surface area contributed by atoms with Crippen LogP contribution in [-0.2, 0) is 25.7 Å². The topological polar surface area (TPSA) is 61.8 Å². The lowest BCUT2D eigenvalue weighted by molar-refractivity contribution is -0.146. The summed E-state index contributed by atoms with van der Waals surface area (Å²) in [4.78, 5) is 23.7. The lowest BCUT2D eigenvalue weighted by Crippen LogP contribution is -2.09. The first kappa shape index (κ1) is 27.5. The number of methoxy groups -OCH3 is 1. The largest absolute Gasteiger partial charge is 0.496 e. The number of halogens is 1. The predicted molar refractivity (Wildman–Crippen MR) is 127 cm³/mol. The van der Waals surface area contributed by atoms with Crippen LogP contribution in [0.5, 0.6) is 5.75 Å². The number of rotatable bonds is 18. The SMILES string of the molecule is CCCCCCCCCCCCOC(=O)CCCC(=O)OCc1cc(Br)ccc1OC. The average Bonchev–Trinajstić information content (AvgIpc) is 2.76. The van der Waals surface area contributed by atoms with E-state index in [-0.39, 0.29) is 31.4 Å². The van der Waals surface area contributed by atoms with Gasteiger partial charge in [0.25, 0.3) is 0 Å². The Labute approximate surface area is 196 Å². The van der Waals surface area contributed by atoms with Gasteiger partial charge in [-0.2, -0.15) is 0 Å². The van der Waals surface area contributed by atoms with E-state index in [0.717, 1.165) is 22.9 Å². The van der Waals surface area contributed by atoms with E-state index in [9.17, 15) is 9.59 Å². The molecule has 0 aliphatic rings. The summed E-state index contributed by atoms with van der Waals surface area (Å²) in [6.07, 6.45) is 13.4. The Kier molecular flexibility index (Phi) is 16.0. The molecule has 0 aliphatic heterocycles. The van der Waals surface area contributed by atoms with Crippen molar-refractivity contribution < 1.29 is 23.8 Å². The molecule has 0 heterocycles. The van der Waals surface area contributed by atoms with Gasteiger partial charge in [-0.1, -0.05) is 80.6 Å². The van der Waals surface area contributed by atoms with Crippen molar-refractivity contribution in [1.29, 1.82) is 0 Å². The van der Waals surface area contributed by atoms with Crippen LogP contribution < -0.4 is 4.74 Å². The highest BCUT2D eigenvalue weighted by atomic mass is 79.9. The van der Waals surface area contributed by atoms with Crippen molar-refractivity contribution >= 4 is 27.9 Å². The summed E-state index contributed by atoms with van der Waals surface area (Å²) in [6.45, 7) is 2.86. The molecule has 0 unspecified atom stereocenters. The van der Waals surface area contributed by atoms with Crippen LogP contribution in [0, 0.1) is 0 Å². The summed E-state index contributed by atoms with van der Waals surface area (Å²) in [5.41, 5.74) is 0.793. The molecule has 0 N–H and O–H groups in total. The van der Waals surface area contributed by atoms with Gasteiger partial charge in [-0.25, -0.2) is 0 Å². The Morgan fingerprint density at radius 3 is 2.00 bits per heavy atom. The second kappa shape index (κ2) is 18.1. The summed E-state index contributed by atoms with van der Waals surface area (Å²) in [6, 6.07) is 5.54. The third-order valence-corrected chi connectivity index (χ3v) is 5.65. The number of hydrogen-bond donors (Lipinski definition) is 0. The van der Waals surface area contributed by atoms with Crippen LogP contribution in [0.15, 0.2) is 22.7 Å². The molecule has 0 bridgehead atoms. The van der Waals surface area contributed by atoms with E-state index in [2.05, 4.69) is 22.9 Å². The molecule has 1 aromatic carbocycles. The highest BCUT2D eigenvalue weighted by Gasteiger charge is 2.10. The standard InChI is InChI=1S/C25H39BrO5/c1-3-4-5-6-7-8-9-10-11-12-18-30-24(27)14-13-15-25(28)31-20-21-19-22(26)16-17-23(21)29-2/h16-17,19H,3-15,18,20H2,1-2H3. The van der Waals surface area contributed by atoms with Gasteiger partial charge in [-0.05, 0) is 31.0 Å². The van der Waals surface area contributed by atoms with E-state index >= 15 is 0 Å². The van der Waals surface area contributed by atoms with E-state index in [1.54, 1.807) is 7.11 Å². The van der Waals surface area contributed by atoms with E-state index in [1.807, 2.05) is 18.2 Å². The smallest absolute Gasteiger partial charge is 0.306 e. The van der Waals surface area contributed by atoms with Gasteiger partial charge >= 0.3 is 11.9 Å². The molecule has 0 saturated heterocycles. The van der Waals surface area contributed by atoms with Crippen LogP contribution in [0.2, 0.25) is 0 Å². The van der Waals surface area contributed by atoms with Gasteiger partial charge < -0.3 is 14.2 Å². The van der Waals surface area contributed by atoms with Crippen molar-refractivity contribution in [2.24, 2.45) is 0 Å². The predicted octanol–water partition coefficient (Wildman–Crippen LogP) is 7.14. The highest BCUT2D eigenvalue weighted by Crippen LogP contribution is 2.23. The van der Waals surface area contributed by atoms with Crippen molar-refractivity contribution in [3.8, 4) is 5.75 Å². The average molecular weight is 499 g/mol. The van der Waals surface area contributed by atoms with Gasteiger partial charge in [-0.3, -0.25) is 9.59 Å². The zero-order valence-corrected chi connectivity index (χ0v) is 20.8. The van der Waals surface area contributed by atoms with Gasteiger partial charge in [0.15, 0.2) is 0 Å². The van der Waals surface area contributed by atoms with Gasteiger partial charge in [-0.15, -0.1) is 0 Å². The van der Waals surface area contributed by atoms with Gasteiger partial charge in [0.1, 0.15) is 12.4 Å².